The standard InChI is InChI=1S/C11H20ClNO4S/c1-11(2,3)17-10(14)13-9(6-8-4-5-8)7-18(12,15)16/h8-9H,4-7H2,1-3H3,(H,13,14). The Morgan fingerprint density at radius 1 is 1.44 bits per heavy atom. The number of nitrogens with one attached hydrogen (secondary N) is 1. The molecule has 0 bridgehead atoms. The maximum absolute atomic E-state index is 11.6. The number of hydrogen-bond acceptors (Lipinski definition) is 4. The molecule has 1 rings (SSSR count). The highest BCUT2D eigenvalue weighted by atomic mass is 35.7. The Labute approximate surface area is 113 Å². The predicted molar refractivity (Wildman–Crippen MR) is 70.1 cm³/mol. The Morgan fingerprint density at radius 3 is 2.39 bits per heavy atom. The summed E-state index contributed by atoms with van der Waals surface area (Å²) in [5.74, 6) is 0.230. The molecule has 1 fully saturated rings. The molecule has 7 heteroatoms. The summed E-state index contributed by atoms with van der Waals surface area (Å²) in [7, 11) is 1.60. The van der Waals surface area contributed by atoms with Gasteiger partial charge in [-0.05, 0) is 33.1 Å². The Kier molecular flexibility index (Phi) is 4.89. The lowest BCUT2D eigenvalue weighted by molar-refractivity contribution is 0.0506. The minimum atomic E-state index is -3.63. The molecule has 1 amide bonds. The first-order valence-corrected chi connectivity index (χ1v) is 8.45. The van der Waals surface area contributed by atoms with Gasteiger partial charge in [0, 0.05) is 16.7 Å². The van der Waals surface area contributed by atoms with E-state index in [1.807, 2.05) is 0 Å². The first kappa shape index (κ1) is 15.6. The van der Waals surface area contributed by atoms with Crippen molar-refractivity contribution in [3.63, 3.8) is 0 Å². The summed E-state index contributed by atoms with van der Waals surface area (Å²) < 4.78 is 27.3. The van der Waals surface area contributed by atoms with Crippen molar-refractivity contribution in [3.8, 4) is 0 Å². The molecule has 18 heavy (non-hydrogen) atoms. The van der Waals surface area contributed by atoms with Crippen LogP contribution in [0.3, 0.4) is 0 Å². The van der Waals surface area contributed by atoms with Gasteiger partial charge in [0.05, 0.1) is 5.75 Å². The Morgan fingerprint density at radius 2 is 2.00 bits per heavy atom. The van der Waals surface area contributed by atoms with Crippen LogP contribution in [0.2, 0.25) is 0 Å². The van der Waals surface area contributed by atoms with Crippen molar-refractivity contribution in [3.05, 3.63) is 0 Å². The number of carbonyl (C=O) groups excluding carboxylic acids is 1. The van der Waals surface area contributed by atoms with Crippen LogP contribution in [0.5, 0.6) is 0 Å². The van der Waals surface area contributed by atoms with E-state index in [0.29, 0.717) is 12.3 Å². The zero-order valence-corrected chi connectivity index (χ0v) is 12.5. The lowest BCUT2D eigenvalue weighted by atomic mass is 10.1. The fourth-order valence-corrected chi connectivity index (χ4v) is 2.80. The molecule has 0 aromatic rings. The van der Waals surface area contributed by atoms with E-state index in [2.05, 4.69) is 5.32 Å². The molecule has 0 heterocycles. The molecule has 1 N–H and O–H groups in total. The molecule has 0 spiro atoms. The van der Waals surface area contributed by atoms with Crippen molar-refractivity contribution in [2.45, 2.75) is 51.7 Å². The smallest absolute Gasteiger partial charge is 0.407 e. The largest absolute Gasteiger partial charge is 0.444 e. The Bertz CT molecular complexity index is 398. The topological polar surface area (TPSA) is 72.5 Å². The first-order chi connectivity index (χ1) is 8.05. The minimum absolute atomic E-state index is 0.260. The SMILES string of the molecule is CC(C)(C)OC(=O)NC(CC1CC1)CS(=O)(=O)Cl. The molecule has 0 radical (unpaired) electrons. The van der Waals surface area contributed by atoms with Crippen LogP contribution in [0, 0.1) is 5.92 Å². The van der Waals surface area contributed by atoms with Gasteiger partial charge in [-0.2, -0.15) is 0 Å². The molecule has 0 aromatic carbocycles. The number of hydrogen-bond donors (Lipinski definition) is 1. The molecule has 1 saturated carbocycles. The average molecular weight is 298 g/mol. The summed E-state index contributed by atoms with van der Waals surface area (Å²) in [6, 6.07) is -0.477. The van der Waals surface area contributed by atoms with Gasteiger partial charge in [-0.1, -0.05) is 12.8 Å². The molecule has 0 saturated heterocycles. The lowest BCUT2D eigenvalue weighted by Crippen LogP contribution is -2.42. The van der Waals surface area contributed by atoms with E-state index in [0.717, 1.165) is 12.8 Å². The minimum Gasteiger partial charge on any atom is -0.444 e. The maximum Gasteiger partial charge on any atom is 0.407 e. The van der Waals surface area contributed by atoms with Crippen LogP contribution in [0.1, 0.15) is 40.0 Å². The second-order valence-corrected chi connectivity index (χ2v) is 8.55. The van der Waals surface area contributed by atoms with E-state index in [-0.39, 0.29) is 5.75 Å². The van der Waals surface area contributed by atoms with Crippen molar-refractivity contribution >= 4 is 25.8 Å². The Hall–Kier alpha value is -0.490. The highest BCUT2D eigenvalue weighted by Crippen LogP contribution is 2.34. The number of amides is 1. The van der Waals surface area contributed by atoms with Crippen LogP contribution in [0.25, 0.3) is 0 Å². The summed E-state index contributed by atoms with van der Waals surface area (Å²) >= 11 is 0. The van der Waals surface area contributed by atoms with Crippen LogP contribution in [0.4, 0.5) is 4.79 Å². The molecule has 5 nitrogen and oxygen atoms in total. The molecule has 106 valence electrons. The van der Waals surface area contributed by atoms with Gasteiger partial charge in [0.2, 0.25) is 9.05 Å². The van der Waals surface area contributed by atoms with E-state index < -0.39 is 26.8 Å². The average Bonchev–Trinajstić information content (AvgIpc) is 2.79. The van der Waals surface area contributed by atoms with E-state index in [1.54, 1.807) is 20.8 Å². The molecular formula is C11H20ClNO4S. The third kappa shape index (κ3) is 7.76. The third-order valence-corrected chi connectivity index (χ3v) is 3.61. The zero-order chi connectivity index (χ0) is 14.0. The van der Waals surface area contributed by atoms with Gasteiger partial charge < -0.3 is 10.1 Å². The number of rotatable bonds is 5. The molecule has 1 aliphatic carbocycles. The van der Waals surface area contributed by atoms with Gasteiger partial charge in [-0.15, -0.1) is 0 Å². The van der Waals surface area contributed by atoms with Crippen LogP contribution in [0.15, 0.2) is 0 Å². The fraction of sp³-hybridized carbons (Fsp3) is 0.909. The van der Waals surface area contributed by atoms with E-state index in [9.17, 15) is 13.2 Å². The summed E-state index contributed by atoms with van der Waals surface area (Å²) in [6.45, 7) is 5.25. The Balaban J connectivity index is 2.51. The third-order valence-electron chi connectivity index (χ3n) is 2.44. The van der Waals surface area contributed by atoms with Gasteiger partial charge in [0.25, 0.3) is 0 Å². The van der Waals surface area contributed by atoms with Gasteiger partial charge in [0.15, 0.2) is 0 Å². The molecule has 1 aliphatic rings. The highest BCUT2D eigenvalue weighted by molar-refractivity contribution is 8.13. The van der Waals surface area contributed by atoms with Gasteiger partial charge >= 0.3 is 6.09 Å². The van der Waals surface area contributed by atoms with Crippen LogP contribution >= 0.6 is 10.7 Å². The monoisotopic (exact) mass is 297 g/mol. The molecule has 1 atom stereocenters. The fourth-order valence-electron chi connectivity index (χ4n) is 1.64. The van der Waals surface area contributed by atoms with E-state index in [1.165, 1.54) is 0 Å². The van der Waals surface area contributed by atoms with Crippen molar-refractivity contribution in [2.75, 3.05) is 5.75 Å². The van der Waals surface area contributed by atoms with Gasteiger partial charge in [0.1, 0.15) is 5.60 Å². The quantitative estimate of drug-likeness (QED) is 0.790. The van der Waals surface area contributed by atoms with Crippen molar-refractivity contribution in [2.24, 2.45) is 5.92 Å². The second-order valence-electron chi connectivity index (χ2n) is 5.73. The van der Waals surface area contributed by atoms with Crippen LogP contribution < -0.4 is 5.32 Å². The molecular weight excluding hydrogens is 278 g/mol. The predicted octanol–water partition coefficient (Wildman–Crippen LogP) is 2.25. The summed E-state index contributed by atoms with van der Waals surface area (Å²) in [4.78, 5) is 11.6. The zero-order valence-electron chi connectivity index (χ0n) is 10.9. The lowest BCUT2D eigenvalue weighted by Gasteiger charge is -2.23. The normalized spacial score (nSPS) is 18.2. The van der Waals surface area contributed by atoms with Gasteiger partial charge in [-0.3, -0.25) is 0 Å². The highest BCUT2D eigenvalue weighted by Gasteiger charge is 2.30. The summed E-state index contributed by atoms with van der Waals surface area (Å²) in [6.07, 6.45) is 2.18. The van der Waals surface area contributed by atoms with Crippen molar-refractivity contribution in [1.82, 2.24) is 5.32 Å². The summed E-state index contributed by atoms with van der Waals surface area (Å²) in [5, 5.41) is 2.58. The molecule has 0 aromatic heterocycles. The number of carbonyl (C=O) groups is 1. The number of ether oxygens (including phenoxy) is 1. The van der Waals surface area contributed by atoms with Gasteiger partial charge in [-0.25, -0.2) is 13.2 Å². The van der Waals surface area contributed by atoms with E-state index in [4.69, 9.17) is 15.4 Å². The van der Waals surface area contributed by atoms with Crippen LogP contribution in [-0.2, 0) is 13.8 Å². The van der Waals surface area contributed by atoms with Crippen LogP contribution in [-0.4, -0.2) is 31.9 Å². The van der Waals surface area contributed by atoms with Crippen molar-refractivity contribution in [1.29, 1.82) is 0 Å². The van der Waals surface area contributed by atoms with E-state index >= 15 is 0 Å². The first-order valence-electron chi connectivity index (χ1n) is 5.97. The number of alkyl carbamates (subject to hydrolysis) is 1. The number of halogens is 1. The molecule has 0 aliphatic heterocycles. The molecule has 1 unspecified atom stereocenters. The maximum atomic E-state index is 11.6. The second kappa shape index (κ2) is 5.65. The summed E-state index contributed by atoms with van der Waals surface area (Å²) in [5.41, 5.74) is -0.603. The van der Waals surface area contributed by atoms with Crippen molar-refractivity contribution < 1.29 is 17.9 Å².